The topological polar surface area (TPSA) is 103 Å². The number of piperidine rings is 1. The van der Waals surface area contributed by atoms with E-state index in [2.05, 4.69) is 27.1 Å². The Balaban J connectivity index is 1.05. The molecule has 3 fully saturated rings. The van der Waals surface area contributed by atoms with E-state index in [0.717, 1.165) is 61.2 Å². The molecule has 0 unspecified atom stereocenters. The van der Waals surface area contributed by atoms with Crippen LogP contribution in [-0.2, 0) is 10.3 Å². The summed E-state index contributed by atoms with van der Waals surface area (Å²) < 4.78 is 7.66. The molecule has 6 rings (SSSR count). The number of aromatic amines is 1. The van der Waals surface area contributed by atoms with Crippen LogP contribution in [0.1, 0.15) is 51.4 Å². The quantitative estimate of drug-likeness (QED) is 0.532. The number of pyridine rings is 1. The number of nitrogens with one attached hydrogen (secondary N) is 1. The molecule has 0 radical (unpaired) electrons. The van der Waals surface area contributed by atoms with Gasteiger partial charge in [0.25, 0.3) is 0 Å². The van der Waals surface area contributed by atoms with Gasteiger partial charge in [-0.3, -0.25) is 9.58 Å². The Morgan fingerprint density at radius 1 is 1.16 bits per heavy atom. The SMILES string of the molecule is N#CCC1(n2cc(-c3ccnc4[nH]ccc34)cn2)CN(C2CCN(C(=O)OCC3CCCCC3)CC2)C1. The highest BCUT2D eigenvalue weighted by Gasteiger charge is 2.48. The van der Waals surface area contributed by atoms with E-state index < -0.39 is 0 Å². The summed E-state index contributed by atoms with van der Waals surface area (Å²) >= 11 is 0. The highest BCUT2D eigenvalue weighted by atomic mass is 16.6. The van der Waals surface area contributed by atoms with E-state index in [4.69, 9.17) is 9.84 Å². The molecule has 194 valence electrons. The Labute approximate surface area is 217 Å². The van der Waals surface area contributed by atoms with Gasteiger partial charge in [0.1, 0.15) is 11.2 Å². The zero-order valence-electron chi connectivity index (χ0n) is 21.3. The van der Waals surface area contributed by atoms with Crippen LogP contribution in [0.4, 0.5) is 4.79 Å². The number of hydrogen-bond acceptors (Lipinski definition) is 6. The summed E-state index contributed by atoms with van der Waals surface area (Å²) in [7, 11) is 0. The van der Waals surface area contributed by atoms with Gasteiger partial charge in [0.2, 0.25) is 0 Å². The summed E-state index contributed by atoms with van der Waals surface area (Å²) in [6, 6.07) is 6.86. The molecule has 1 amide bonds. The van der Waals surface area contributed by atoms with Crippen LogP contribution in [-0.4, -0.2) is 74.5 Å². The predicted molar refractivity (Wildman–Crippen MR) is 140 cm³/mol. The second kappa shape index (κ2) is 10.2. The van der Waals surface area contributed by atoms with E-state index in [1.807, 2.05) is 34.1 Å². The number of carbonyl (C=O) groups is 1. The van der Waals surface area contributed by atoms with Crippen LogP contribution in [0.2, 0.25) is 0 Å². The first-order chi connectivity index (χ1) is 18.1. The van der Waals surface area contributed by atoms with E-state index in [0.29, 0.717) is 25.0 Å². The molecule has 2 saturated heterocycles. The number of carbonyl (C=O) groups excluding carboxylic acids is 1. The number of fused-ring (bicyclic) bond motifs is 1. The van der Waals surface area contributed by atoms with E-state index in [-0.39, 0.29) is 11.6 Å². The molecular weight excluding hydrogens is 466 g/mol. The first-order valence-electron chi connectivity index (χ1n) is 13.7. The summed E-state index contributed by atoms with van der Waals surface area (Å²) in [5.41, 5.74) is 2.66. The molecule has 3 aromatic heterocycles. The highest BCUT2D eigenvalue weighted by Crippen LogP contribution is 2.37. The van der Waals surface area contributed by atoms with Gasteiger partial charge >= 0.3 is 6.09 Å². The van der Waals surface area contributed by atoms with Gasteiger partial charge in [-0.2, -0.15) is 10.4 Å². The van der Waals surface area contributed by atoms with Gasteiger partial charge in [0.05, 0.1) is 25.3 Å². The monoisotopic (exact) mass is 501 g/mol. The summed E-state index contributed by atoms with van der Waals surface area (Å²) in [5, 5.41) is 15.4. The van der Waals surface area contributed by atoms with Crippen molar-refractivity contribution in [2.75, 3.05) is 32.8 Å². The van der Waals surface area contributed by atoms with E-state index in [9.17, 15) is 10.1 Å². The molecule has 2 aliphatic heterocycles. The maximum absolute atomic E-state index is 12.6. The normalized spacial score (nSPS) is 21.0. The van der Waals surface area contributed by atoms with Gasteiger partial charge in [-0.05, 0) is 49.3 Å². The van der Waals surface area contributed by atoms with Crippen molar-refractivity contribution in [2.45, 2.75) is 62.9 Å². The predicted octanol–water partition coefficient (Wildman–Crippen LogP) is 4.53. The third-order valence-electron chi connectivity index (χ3n) is 8.65. The Morgan fingerprint density at radius 3 is 2.76 bits per heavy atom. The first-order valence-corrected chi connectivity index (χ1v) is 13.7. The zero-order valence-corrected chi connectivity index (χ0v) is 21.3. The summed E-state index contributed by atoms with van der Waals surface area (Å²) in [6.07, 6.45) is 16.0. The highest BCUT2D eigenvalue weighted by molar-refractivity contribution is 5.92. The first kappa shape index (κ1) is 24.0. The largest absolute Gasteiger partial charge is 0.449 e. The van der Waals surface area contributed by atoms with E-state index >= 15 is 0 Å². The molecule has 1 saturated carbocycles. The third kappa shape index (κ3) is 4.71. The standard InChI is InChI=1S/C28H35N7O2/c29-11-10-28(35-17-22(16-32-35)24-6-12-30-26-25(24)7-13-31-26)19-34(20-28)23-8-14-33(15-9-23)27(36)37-18-21-4-2-1-3-5-21/h6-7,12-13,16-17,21,23H,1-5,8-10,14-15,18-20H2,(H,30,31). The zero-order chi connectivity index (χ0) is 25.2. The molecule has 5 heterocycles. The average molecular weight is 502 g/mol. The molecule has 3 aromatic rings. The molecule has 9 heteroatoms. The molecule has 37 heavy (non-hydrogen) atoms. The number of nitriles is 1. The number of H-pyrrole nitrogens is 1. The van der Waals surface area contributed by atoms with Crippen molar-refractivity contribution in [3.05, 3.63) is 36.9 Å². The van der Waals surface area contributed by atoms with Crippen LogP contribution in [0.15, 0.2) is 36.9 Å². The molecule has 0 atom stereocenters. The fraction of sp³-hybridized carbons (Fsp3) is 0.571. The number of aromatic nitrogens is 4. The van der Waals surface area contributed by atoms with Gasteiger partial charge in [-0.25, -0.2) is 9.78 Å². The molecule has 1 aliphatic carbocycles. The maximum Gasteiger partial charge on any atom is 0.409 e. The van der Waals surface area contributed by atoms with Crippen LogP contribution in [0, 0.1) is 17.2 Å². The number of rotatable bonds is 6. The van der Waals surface area contributed by atoms with Crippen LogP contribution in [0.5, 0.6) is 0 Å². The molecule has 9 nitrogen and oxygen atoms in total. The van der Waals surface area contributed by atoms with Crippen molar-refractivity contribution in [2.24, 2.45) is 5.92 Å². The minimum atomic E-state index is -0.312. The van der Waals surface area contributed by atoms with Gasteiger partial charge in [0, 0.05) is 61.8 Å². The number of likely N-dealkylation sites (tertiary alicyclic amines) is 2. The Morgan fingerprint density at radius 2 is 1.97 bits per heavy atom. The lowest BCUT2D eigenvalue weighted by molar-refractivity contribution is -0.0428. The third-order valence-corrected chi connectivity index (χ3v) is 8.65. The summed E-state index contributed by atoms with van der Waals surface area (Å²) in [6.45, 7) is 3.64. The van der Waals surface area contributed by atoms with Crippen molar-refractivity contribution >= 4 is 17.1 Å². The lowest BCUT2D eigenvalue weighted by Crippen LogP contribution is -2.66. The minimum Gasteiger partial charge on any atom is -0.449 e. The molecule has 0 aromatic carbocycles. The summed E-state index contributed by atoms with van der Waals surface area (Å²) in [4.78, 5) is 24.5. The number of nitrogens with zero attached hydrogens (tertiary/aromatic N) is 6. The lowest BCUT2D eigenvalue weighted by atomic mass is 9.84. The van der Waals surface area contributed by atoms with Gasteiger partial charge < -0.3 is 14.6 Å². The fourth-order valence-corrected chi connectivity index (χ4v) is 6.43. The van der Waals surface area contributed by atoms with Crippen molar-refractivity contribution < 1.29 is 9.53 Å². The average Bonchev–Trinajstić information content (AvgIpc) is 3.60. The van der Waals surface area contributed by atoms with E-state index in [1.54, 1.807) is 6.20 Å². The fourth-order valence-electron chi connectivity index (χ4n) is 6.43. The minimum absolute atomic E-state index is 0.150. The van der Waals surface area contributed by atoms with Crippen LogP contribution >= 0.6 is 0 Å². The Bertz CT molecular complexity index is 1270. The van der Waals surface area contributed by atoms with Crippen molar-refractivity contribution in [1.82, 2.24) is 29.5 Å². The van der Waals surface area contributed by atoms with Crippen LogP contribution < -0.4 is 0 Å². The van der Waals surface area contributed by atoms with Gasteiger partial charge in [-0.1, -0.05) is 19.3 Å². The van der Waals surface area contributed by atoms with Gasteiger partial charge in [-0.15, -0.1) is 0 Å². The van der Waals surface area contributed by atoms with Crippen molar-refractivity contribution in [3.8, 4) is 17.2 Å². The number of amides is 1. The Kier molecular flexibility index (Phi) is 6.59. The molecule has 3 aliphatic rings. The Hall–Kier alpha value is -3.38. The number of hydrogen-bond donors (Lipinski definition) is 1. The van der Waals surface area contributed by atoms with Crippen molar-refractivity contribution in [1.29, 1.82) is 5.26 Å². The second-order valence-electron chi connectivity index (χ2n) is 11.0. The van der Waals surface area contributed by atoms with Gasteiger partial charge in [0.15, 0.2) is 0 Å². The summed E-state index contributed by atoms with van der Waals surface area (Å²) in [5.74, 6) is 0.542. The van der Waals surface area contributed by atoms with Crippen LogP contribution in [0.3, 0.4) is 0 Å². The second-order valence-corrected chi connectivity index (χ2v) is 11.0. The smallest absolute Gasteiger partial charge is 0.409 e. The van der Waals surface area contributed by atoms with E-state index in [1.165, 1.54) is 32.1 Å². The number of ether oxygens (including phenoxy) is 1. The maximum atomic E-state index is 12.6. The molecule has 0 bridgehead atoms. The van der Waals surface area contributed by atoms with Crippen molar-refractivity contribution in [3.63, 3.8) is 0 Å². The molecular formula is C28H35N7O2. The molecule has 0 spiro atoms. The van der Waals surface area contributed by atoms with Crippen LogP contribution in [0.25, 0.3) is 22.2 Å². The lowest BCUT2D eigenvalue weighted by Gasteiger charge is -2.53. The molecule has 1 N–H and O–H groups in total.